The van der Waals surface area contributed by atoms with E-state index in [-0.39, 0.29) is 25.0 Å². The van der Waals surface area contributed by atoms with Crippen molar-refractivity contribution in [1.82, 2.24) is 4.90 Å². The highest BCUT2D eigenvalue weighted by molar-refractivity contribution is 5.81. The average molecular weight is 336 g/mol. The fraction of sp³-hybridized carbons (Fsp3) is 0.300. The van der Waals surface area contributed by atoms with Crippen LogP contribution in [-0.2, 0) is 9.53 Å². The molecule has 5 heteroatoms. The van der Waals surface area contributed by atoms with Crippen molar-refractivity contribution in [1.29, 1.82) is 5.26 Å². The van der Waals surface area contributed by atoms with Gasteiger partial charge in [-0.2, -0.15) is 5.26 Å². The van der Waals surface area contributed by atoms with E-state index < -0.39 is 12.1 Å². The van der Waals surface area contributed by atoms with Crippen molar-refractivity contribution in [2.45, 2.75) is 18.0 Å². The molecule has 0 bridgehead atoms. The van der Waals surface area contributed by atoms with Crippen LogP contribution in [-0.4, -0.2) is 48.3 Å². The molecule has 0 aliphatic carbocycles. The van der Waals surface area contributed by atoms with Crippen molar-refractivity contribution in [3.63, 3.8) is 0 Å². The van der Waals surface area contributed by atoms with E-state index in [1.165, 1.54) is 12.0 Å². The number of nitriles is 1. The summed E-state index contributed by atoms with van der Waals surface area (Å²) in [4.78, 5) is 13.7. The van der Waals surface area contributed by atoms with Gasteiger partial charge in [0.25, 0.3) is 0 Å². The molecule has 1 aliphatic heterocycles. The summed E-state index contributed by atoms with van der Waals surface area (Å²) in [5.74, 6) is -0.506. The lowest BCUT2D eigenvalue weighted by atomic mass is 9.73. The van der Waals surface area contributed by atoms with Gasteiger partial charge in [0.2, 0.25) is 5.91 Å². The van der Waals surface area contributed by atoms with E-state index in [1.54, 1.807) is 0 Å². The lowest BCUT2D eigenvalue weighted by Crippen LogP contribution is -2.66. The van der Waals surface area contributed by atoms with Gasteiger partial charge in [-0.15, -0.1) is 0 Å². The van der Waals surface area contributed by atoms with E-state index in [1.807, 2.05) is 54.6 Å². The summed E-state index contributed by atoms with van der Waals surface area (Å²) in [5.41, 5.74) is 3.04. The van der Waals surface area contributed by atoms with Gasteiger partial charge in [-0.3, -0.25) is 4.79 Å². The number of carbonyl (C=O) groups excluding carboxylic acids is 1. The third-order valence-corrected chi connectivity index (χ3v) is 4.69. The van der Waals surface area contributed by atoms with Crippen molar-refractivity contribution < 1.29 is 14.6 Å². The molecule has 5 nitrogen and oxygen atoms in total. The van der Waals surface area contributed by atoms with Gasteiger partial charge in [-0.05, 0) is 16.7 Å². The minimum absolute atomic E-state index is 0.0955. The van der Waals surface area contributed by atoms with Crippen LogP contribution in [0.4, 0.5) is 0 Å². The van der Waals surface area contributed by atoms with Crippen molar-refractivity contribution >= 4 is 5.91 Å². The number of likely N-dealkylation sites (tertiary alicyclic amines) is 1. The summed E-state index contributed by atoms with van der Waals surface area (Å²) in [6.45, 7) is -0.289. The number of nitrogens with zero attached hydrogens (tertiary/aromatic N) is 2. The second kappa shape index (κ2) is 7.47. The largest absolute Gasteiger partial charge is 0.394 e. The van der Waals surface area contributed by atoms with Crippen LogP contribution in [0.15, 0.2) is 54.6 Å². The molecule has 3 atom stereocenters. The Bertz CT molecular complexity index is 785. The number of rotatable bonds is 5. The lowest BCUT2D eigenvalue weighted by Gasteiger charge is -2.52. The molecule has 1 aliphatic rings. The molecule has 25 heavy (non-hydrogen) atoms. The monoisotopic (exact) mass is 336 g/mol. The van der Waals surface area contributed by atoms with Gasteiger partial charge in [0, 0.05) is 13.0 Å². The van der Waals surface area contributed by atoms with Crippen molar-refractivity contribution in [3.8, 4) is 17.2 Å². The molecule has 0 unspecified atom stereocenters. The van der Waals surface area contributed by atoms with E-state index in [9.17, 15) is 15.2 Å². The first-order valence-corrected chi connectivity index (χ1v) is 8.17. The third-order valence-electron chi connectivity index (χ3n) is 4.69. The zero-order chi connectivity index (χ0) is 17.8. The van der Waals surface area contributed by atoms with E-state index in [0.717, 1.165) is 16.7 Å². The molecular formula is C20H20N2O3. The molecule has 1 saturated heterocycles. The van der Waals surface area contributed by atoms with E-state index in [2.05, 4.69) is 6.07 Å². The van der Waals surface area contributed by atoms with Gasteiger partial charge in [0.15, 0.2) is 0 Å². The smallest absolute Gasteiger partial charge is 0.249 e. The normalized spacial score (nSPS) is 22.1. The fourth-order valence-corrected chi connectivity index (χ4v) is 3.59. The molecule has 0 spiro atoms. The number of methoxy groups -OCH3 is 1. The highest BCUT2D eigenvalue weighted by atomic mass is 16.5. The molecule has 2 aromatic carbocycles. The lowest BCUT2D eigenvalue weighted by molar-refractivity contribution is -0.150. The Labute approximate surface area is 147 Å². The number of aliphatic hydroxyl groups is 1. The number of hydrogen-bond donors (Lipinski definition) is 1. The molecule has 1 heterocycles. The minimum atomic E-state index is -0.607. The van der Waals surface area contributed by atoms with Gasteiger partial charge >= 0.3 is 0 Å². The predicted molar refractivity (Wildman–Crippen MR) is 93.6 cm³/mol. The minimum Gasteiger partial charge on any atom is -0.394 e. The fourth-order valence-electron chi connectivity index (χ4n) is 3.59. The first-order chi connectivity index (χ1) is 12.2. The van der Waals surface area contributed by atoms with Crippen LogP contribution in [0.3, 0.4) is 0 Å². The van der Waals surface area contributed by atoms with Gasteiger partial charge < -0.3 is 14.7 Å². The Morgan fingerprint density at radius 1 is 1.20 bits per heavy atom. The third kappa shape index (κ3) is 3.02. The SMILES string of the molecule is COCC(=O)N1[C@H](CO)[C@@H](c2ccccc2-c2ccccc2)[C@@H]1C#N. The summed E-state index contributed by atoms with van der Waals surface area (Å²) in [7, 11) is 1.44. The quantitative estimate of drug-likeness (QED) is 0.908. The standard InChI is InChI=1S/C20H20N2O3/c1-25-13-19(24)22-17(11-21)20(18(22)12-23)16-10-6-5-9-15(16)14-7-3-2-4-8-14/h2-10,17-18,20,23H,12-13H2,1H3/t17-,18+,20-/m0/s1. The summed E-state index contributed by atoms with van der Waals surface area (Å²) in [5, 5.41) is 19.4. The summed E-state index contributed by atoms with van der Waals surface area (Å²) in [6.07, 6.45) is 0. The van der Waals surface area contributed by atoms with Crippen LogP contribution in [0, 0.1) is 11.3 Å². The van der Waals surface area contributed by atoms with Crippen molar-refractivity contribution in [2.24, 2.45) is 0 Å². The first kappa shape index (κ1) is 17.2. The number of aliphatic hydroxyl groups excluding tert-OH is 1. The Hall–Kier alpha value is -2.68. The zero-order valence-corrected chi connectivity index (χ0v) is 14.0. The van der Waals surface area contributed by atoms with Gasteiger partial charge in [0.05, 0.1) is 18.7 Å². The second-order valence-corrected chi connectivity index (χ2v) is 6.04. The van der Waals surface area contributed by atoms with Crippen LogP contribution in [0.1, 0.15) is 11.5 Å². The van der Waals surface area contributed by atoms with Crippen LogP contribution in [0.5, 0.6) is 0 Å². The second-order valence-electron chi connectivity index (χ2n) is 6.04. The molecule has 2 aromatic rings. The van der Waals surface area contributed by atoms with E-state index in [4.69, 9.17) is 4.74 Å². The van der Waals surface area contributed by atoms with Crippen LogP contribution < -0.4 is 0 Å². The number of carbonyl (C=O) groups is 1. The first-order valence-electron chi connectivity index (χ1n) is 8.17. The molecule has 1 fully saturated rings. The average Bonchev–Trinajstić information content (AvgIpc) is 2.63. The number of ether oxygens (including phenoxy) is 1. The topological polar surface area (TPSA) is 73.6 Å². The van der Waals surface area contributed by atoms with Crippen LogP contribution in [0.25, 0.3) is 11.1 Å². The predicted octanol–water partition coefficient (Wildman–Crippen LogP) is 2.18. The summed E-state index contributed by atoms with van der Waals surface area (Å²) < 4.78 is 4.90. The van der Waals surface area contributed by atoms with E-state index >= 15 is 0 Å². The number of amides is 1. The van der Waals surface area contributed by atoms with Gasteiger partial charge in [0.1, 0.15) is 12.6 Å². The van der Waals surface area contributed by atoms with Crippen LogP contribution >= 0.6 is 0 Å². The highest BCUT2D eigenvalue weighted by Gasteiger charge is 2.52. The summed E-state index contributed by atoms with van der Waals surface area (Å²) in [6, 6.07) is 19.0. The molecule has 0 saturated carbocycles. The van der Waals surface area contributed by atoms with Crippen molar-refractivity contribution in [3.05, 3.63) is 60.2 Å². The molecule has 128 valence electrons. The Morgan fingerprint density at radius 3 is 2.52 bits per heavy atom. The Balaban J connectivity index is 2.00. The van der Waals surface area contributed by atoms with Gasteiger partial charge in [-0.1, -0.05) is 54.6 Å². The molecule has 0 aromatic heterocycles. The van der Waals surface area contributed by atoms with Gasteiger partial charge in [-0.25, -0.2) is 0 Å². The summed E-state index contributed by atoms with van der Waals surface area (Å²) >= 11 is 0. The zero-order valence-electron chi connectivity index (χ0n) is 14.0. The number of benzene rings is 2. The molecule has 3 rings (SSSR count). The Morgan fingerprint density at radius 2 is 1.88 bits per heavy atom. The maximum Gasteiger partial charge on any atom is 0.249 e. The highest BCUT2D eigenvalue weighted by Crippen LogP contribution is 2.43. The van der Waals surface area contributed by atoms with Crippen molar-refractivity contribution in [2.75, 3.05) is 20.3 Å². The maximum absolute atomic E-state index is 12.2. The molecule has 1 N–H and O–H groups in total. The van der Waals surface area contributed by atoms with Crippen LogP contribution in [0.2, 0.25) is 0 Å². The molecular weight excluding hydrogens is 316 g/mol. The maximum atomic E-state index is 12.2. The number of hydrogen-bond acceptors (Lipinski definition) is 4. The van der Waals surface area contributed by atoms with E-state index in [0.29, 0.717) is 0 Å². The Kier molecular flexibility index (Phi) is 5.13. The molecule has 0 radical (unpaired) electrons. The molecule has 1 amide bonds.